The lowest BCUT2D eigenvalue weighted by Gasteiger charge is -2.32. The maximum Gasteiger partial charge on any atom is 0.292 e. The van der Waals surface area contributed by atoms with Gasteiger partial charge < -0.3 is 14.7 Å². The van der Waals surface area contributed by atoms with Crippen LogP contribution in [0.4, 0.5) is 10.2 Å². The van der Waals surface area contributed by atoms with E-state index in [-0.39, 0.29) is 23.2 Å². The van der Waals surface area contributed by atoms with E-state index in [1.807, 2.05) is 11.8 Å². The summed E-state index contributed by atoms with van der Waals surface area (Å²) in [5.74, 6) is 0.879. The van der Waals surface area contributed by atoms with E-state index in [0.29, 0.717) is 24.5 Å². The summed E-state index contributed by atoms with van der Waals surface area (Å²) >= 11 is 0. The molecule has 3 aromatic heterocycles. The van der Waals surface area contributed by atoms with Crippen molar-refractivity contribution in [2.45, 2.75) is 58.4 Å². The molecule has 0 aliphatic carbocycles. The largest absolute Gasteiger partial charge is 0.365 e. The van der Waals surface area contributed by atoms with Crippen molar-refractivity contribution in [1.82, 2.24) is 19.4 Å². The molecule has 4 rings (SSSR count). The molecule has 7 nitrogen and oxygen atoms in total. The lowest BCUT2D eigenvalue weighted by Crippen LogP contribution is -2.38. The summed E-state index contributed by atoms with van der Waals surface area (Å²) in [6, 6.07) is 4.84. The van der Waals surface area contributed by atoms with Crippen molar-refractivity contribution >= 4 is 17.4 Å². The third-order valence-corrected chi connectivity index (χ3v) is 5.40. The minimum absolute atomic E-state index is 0.120. The van der Waals surface area contributed by atoms with Crippen LogP contribution in [0.5, 0.6) is 0 Å². The van der Waals surface area contributed by atoms with E-state index in [1.54, 1.807) is 16.5 Å². The van der Waals surface area contributed by atoms with Crippen LogP contribution in [0.1, 0.15) is 68.4 Å². The third-order valence-electron chi connectivity index (χ3n) is 5.40. The van der Waals surface area contributed by atoms with Crippen LogP contribution in [-0.2, 0) is 6.42 Å². The fourth-order valence-corrected chi connectivity index (χ4v) is 3.89. The van der Waals surface area contributed by atoms with E-state index >= 15 is 0 Å². The molecule has 1 aliphatic rings. The second-order valence-electron chi connectivity index (χ2n) is 8.90. The number of pyridine rings is 1. The summed E-state index contributed by atoms with van der Waals surface area (Å²) in [6.45, 7) is 9.41. The Morgan fingerprint density at radius 3 is 2.67 bits per heavy atom. The van der Waals surface area contributed by atoms with Gasteiger partial charge in [-0.1, -0.05) is 12.1 Å². The van der Waals surface area contributed by atoms with Gasteiger partial charge in [-0.25, -0.2) is 9.37 Å². The third kappa shape index (κ3) is 4.04. The van der Waals surface area contributed by atoms with Gasteiger partial charge in [-0.05, 0) is 52.2 Å². The minimum Gasteiger partial charge on any atom is -0.365 e. The van der Waals surface area contributed by atoms with Gasteiger partial charge in [-0.2, -0.15) is 0 Å². The molecule has 160 valence electrons. The Morgan fingerprint density at radius 2 is 2.03 bits per heavy atom. The lowest BCUT2D eigenvalue weighted by molar-refractivity contribution is 0.0670. The minimum atomic E-state index is -0.303. The first-order chi connectivity index (χ1) is 14.2. The Balaban J connectivity index is 1.55. The molecule has 3 aromatic rings. The summed E-state index contributed by atoms with van der Waals surface area (Å²) in [7, 11) is 0. The van der Waals surface area contributed by atoms with E-state index in [9.17, 15) is 9.18 Å². The highest BCUT2D eigenvalue weighted by Gasteiger charge is 2.31. The van der Waals surface area contributed by atoms with Gasteiger partial charge in [-0.15, -0.1) is 0 Å². The molecule has 8 heteroatoms. The number of carbonyl (C=O) groups is 1. The second-order valence-corrected chi connectivity index (χ2v) is 8.90. The molecule has 0 aromatic carbocycles. The molecule has 1 fully saturated rings. The summed E-state index contributed by atoms with van der Waals surface area (Å²) < 4.78 is 20.9. The van der Waals surface area contributed by atoms with E-state index < -0.39 is 0 Å². The zero-order valence-electron chi connectivity index (χ0n) is 17.9. The molecular formula is C22H28FN5O2. The molecule has 0 radical (unpaired) electrons. The first-order valence-corrected chi connectivity index (χ1v) is 10.5. The Morgan fingerprint density at radius 1 is 1.30 bits per heavy atom. The highest BCUT2D eigenvalue weighted by molar-refractivity contribution is 5.91. The predicted octanol–water partition coefficient (Wildman–Crippen LogP) is 4.25. The van der Waals surface area contributed by atoms with Crippen LogP contribution in [0.3, 0.4) is 0 Å². The van der Waals surface area contributed by atoms with E-state index in [0.717, 1.165) is 36.5 Å². The van der Waals surface area contributed by atoms with Gasteiger partial charge in [0, 0.05) is 36.8 Å². The van der Waals surface area contributed by atoms with E-state index in [2.05, 4.69) is 31.2 Å². The SMILES string of the molecule is CCc1cc(C(=O)N2CCC(c3nc4ccc(F)cn4c3NC(C)(C)C)CC2)on1. The fraction of sp³-hybridized carbons (Fsp3) is 0.500. The summed E-state index contributed by atoms with van der Waals surface area (Å²) in [4.78, 5) is 19.3. The molecular weight excluding hydrogens is 385 g/mol. The molecule has 30 heavy (non-hydrogen) atoms. The number of amides is 1. The number of anilines is 1. The zero-order valence-corrected chi connectivity index (χ0v) is 17.9. The lowest BCUT2D eigenvalue weighted by atomic mass is 9.92. The van der Waals surface area contributed by atoms with Gasteiger partial charge in [0.05, 0.1) is 11.4 Å². The molecule has 0 saturated carbocycles. The number of imidazole rings is 1. The van der Waals surface area contributed by atoms with Gasteiger partial charge in [0.2, 0.25) is 5.76 Å². The highest BCUT2D eigenvalue weighted by atomic mass is 19.1. The maximum atomic E-state index is 13.9. The van der Waals surface area contributed by atoms with Crippen molar-refractivity contribution in [3.8, 4) is 0 Å². The zero-order chi connectivity index (χ0) is 21.5. The molecule has 0 atom stereocenters. The number of aryl methyl sites for hydroxylation is 1. The average molecular weight is 413 g/mol. The van der Waals surface area contributed by atoms with Crippen LogP contribution >= 0.6 is 0 Å². The van der Waals surface area contributed by atoms with Crippen LogP contribution in [0, 0.1) is 5.82 Å². The maximum absolute atomic E-state index is 13.9. The molecule has 1 amide bonds. The molecule has 0 bridgehead atoms. The number of likely N-dealkylation sites (tertiary alicyclic amines) is 1. The van der Waals surface area contributed by atoms with Crippen molar-refractivity contribution in [1.29, 1.82) is 0 Å². The van der Waals surface area contributed by atoms with Crippen LogP contribution in [0.15, 0.2) is 28.9 Å². The molecule has 1 N–H and O–H groups in total. The number of piperidine rings is 1. The van der Waals surface area contributed by atoms with Crippen LogP contribution in [0.25, 0.3) is 5.65 Å². The first-order valence-electron chi connectivity index (χ1n) is 10.5. The number of rotatable bonds is 4. The number of carbonyl (C=O) groups excluding carboxylic acids is 1. The van der Waals surface area contributed by atoms with E-state index in [1.165, 1.54) is 12.3 Å². The average Bonchev–Trinajstić information content (AvgIpc) is 3.32. The first kappa shape index (κ1) is 20.4. The number of nitrogens with one attached hydrogen (secondary N) is 1. The normalized spacial score (nSPS) is 15.7. The highest BCUT2D eigenvalue weighted by Crippen LogP contribution is 2.35. The number of hydrogen-bond acceptors (Lipinski definition) is 5. The Labute approximate surface area is 175 Å². The Hall–Kier alpha value is -2.90. The fourth-order valence-electron chi connectivity index (χ4n) is 3.89. The number of halogens is 1. The van der Waals surface area contributed by atoms with Gasteiger partial charge in [-0.3, -0.25) is 9.20 Å². The topological polar surface area (TPSA) is 75.7 Å². The number of hydrogen-bond donors (Lipinski definition) is 1. The molecule has 0 spiro atoms. The van der Waals surface area contributed by atoms with Gasteiger partial charge >= 0.3 is 0 Å². The van der Waals surface area contributed by atoms with Crippen molar-refractivity contribution in [2.75, 3.05) is 18.4 Å². The quantitative estimate of drug-likeness (QED) is 0.692. The summed E-state index contributed by atoms with van der Waals surface area (Å²) in [5, 5.41) is 7.41. The number of nitrogens with zero attached hydrogens (tertiary/aromatic N) is 4. The molecule has 4 heterocycles. The summed E-state index contributed by atoms with van der Waals surface area (Å²) in [6.07, 6.45) is 3.77. The monoisotopic (exact) mass is 413 g/mol. The standard InChI is InChI=1S/C22H28FN5O2/c1-5-16-12-17(30-26-16)21(29)27-10-8-14(9-11-27)19-20(25-22(2,3)4)28-13-15(23)6-7-18(28)24-19/h6-7,12-14,25H,5,8-11H2,1-4H3. The predicted molar refractivity (Wildman–Crippen MR) is 112 cm³/mol. The second kappa shape index (κ2) is 7.74. The van der Waals surface area contributed by atoms with Crippen molar-refractivity contribution in [3.05, 3.63) is 47.4 Å². The molecule has 0 unspecified atom stereocenters. The van der Waals surface area contributed by atoms with Gasteiger partial charge in [0.25, 0.3) is 5.91 Å². The summed E-state index contributed by atoms with van der Waals surface area (Å²) in [5.41, 5.74) is 2.22. The van der Waals surface area contributed by atoms with Crippen molar-refractivity contribution in [2.24, 2.45) is 0 Å². The molecule has 1 saturated heterocycles. The van der Waals surface area contributed by atoms with Crippen LogP contribution < -0.4 is 5.32 Å². The van der Waals surface area contributed by atoms with Crippen LogP contribution in [-0.4, -0.2) is 44.0 Å². The number of fused-ring (bicyclic) bond motifs is 1. The van der Waals surface area contributed by atoms with E-state index in [4.69, 9.17) is 9.51 Å². The van der Waals surface area contributed by atoms with Crippen molar-refractivity contribution in [3.63, 3.8) is 0 Å². The van der Waals surface area contributed by atoms with Crippen molar-refractivity contribution < 1.29 is 13.7 Å². The smallest absolute Gasteiger partial charge is 0.292 e. The molecule has 1 aliphatic heterocycles. The van der Waals surface area contributed by atoms with Crippen LogP contribution in [0.2, 0.25) is 0 Å². The number of aromatic nitrogens is 3. The van der Waals surface area contributed by atoms with Gasteiger partial charge in [0.15, 0.2) is 0 Å². The Bertz CT molecular complexity index is 1060. The Kier molecular flexibility index (Phi) is 5.26. The van der Waals surface area contributed by atoms with Gasteiger partial charge in [0.1, 0.15) is 17.3 Å².